The third-order valence-electron chi connectivity index (χ3n) is 28.3. The Morgan fingerprint density at radius 3 is 0.707 bits per heavy atom. The van der Waals surface area contributed by atoms with Crippen LogP contribution in [0.4, 0.5) is 0 Å². The Balaban J connectivity index is 0.000000121. The monoisotopic (exact) mass is 1810 g/mol. The maximum atomic E-state index is 9.61. The Kier molecular flexibility index (Phi) is 21.3. The van der Waals surface area contributed by atoms with Crippen LogP contribution in [-0.4, -0.2) is 42.4 Å². The summed E-state index contributed by atoms with van der Waals surface area (Å²) in [5.74, 6) is 2.56. The molecule has 0 radical (unpaired) electrons. The topological polar surface area (TPSA) is 140 Å². The van der Waals surface area contributed by atoms with E-state index in [0.29, 0.717) is 16.7 Å². The Morgan fingerprint density at radius 2 is 0.414 bits per heavy atom. The minimum atomic E-state index is -0.00399. The highest BCUT2D eigenvalue weighted by Gasteiger charge is 2.29. The number of rotatable bonds is 9. The van der Waals surface area contributed by atoms with Crippen molar-refractivity contribution in [2.45, 2.75) is 132 Å². The van der Waals surface area contributed by atoms with Gasteiger partial charge in [-0.15, -0.1) is 0 Å². The van der Waals surface area contributed by atoms with Gasteiger partial charge >= 0.3 is 0 Å². The van der Waals surface area contributed by atoms with E-state index in [0.717, 1.165) is 134 Å². The summed E-state index contributed by atoms with van der Waals surface area (Å²) in [6.45, 7) is 35.7. The first-order valence-corrected chi connectivity index (χ1v) is 48.2. The number of para-hydroxylation sites is 4. The van der Waals surface area contributed by atoms with E-state index in [2.05, 4.69) is 429 Å². The molecular weight excluding hydrogens is 1710 g/mol. The summed E-state index contributed by atoms with van der Waals surface area (Å²) >= 11 is 0. The molecule has 0 aliphatic rings. The lowest BCUT2D eigenvalue weighted by atomic mass is 9.86. The summed E-state index contributed by atoms with van der Waals surface area (Å²) in [5.41, 5.74) is 34.9. The van der Waals surface area contributed by atoms with E-state index in [9.17, 15) is 15.8 Å². The fourth-order valence-electron chi connectivity index (χ4n) is 20.9. The van der Waals surface area contributed by atoms with E-state index < -0.39 is 0 Å². The lowest BCUT2D eigenvalue weighted by Gasteiger charge is -2.21. The molecule has 0 unspecified atom stereocenters. The average molecular weight is 1810 g/mol. The van der Waals surface area contributed by atoms with Gasteiger partial charge in [0.05, 0.1) is 137 Å². The SMILES string of the molecule is CC(C)(C)c1ccc2c(c1)c1ccccc1n2-c1cc(-c2ccc(C#N)cc2)c(-n2c3ccccc3c3cc(C(C)(C)C)ccc32)cn1.CC(C)(C)c1ccc2c3ccccc3n(-c3cc(-c4ccc(C#N)cc4)c(-n4c5ccccc5c5ccc(C(C)(C)C)cc54)cn3)c2c1.Cc1ccc2c(c1)c1cc(C)ccc1n2-c1cc(-c2ccc(C#N)cc2)c(-n2c3ccc(C)cc3c3cc(C)ccc32)cn1. The predicted octanol–water partition coefficient (Wildman–Crippen LogP) is 32.9. The van der Waals surface area contributed by atoms with Gasteiger partial charge in [-0.25, -0.2) is 15.0 Å². The molecule has 12 nitrogen and oxygen atoms in total. The molecule has 24 rings (SSSR count). The van der Waals surface area contributed by atoms with E-state index in [1.807, 2.05) is 79.3 Å². The molecule has 0 amide bonds. The van der Waals surface area contributed by atoms with Crippen LogP contribution in [0, 0.1) is 61.7 Å². The van der Waals surface area contributed by atoms with Crippen molar-refractivity contribution in [1.82, 2.24) is 42.4 Å². The van der Waals surface area contributed by atoms with Gasteiger partial charge in [0.1, 0.15) is 17.5 Å². The second-order valence-corrected chi connectivity index (χ2v) is 41.8. The molecule has 0 fully saturated rings. The first-order chi connectivity index (χ1) is 67.4. The van der Waals surface area contributed by atoms with Crippen LogP contribution in [0.3, 0.4) is 0 Å². The fourth-order valence-corrected chi connectivity index (χ4v) is 20.9. The number of aryl methyl sites for hydroxylation is 4. The van der Waals surface area contributed by atoms with Crippen LogP contribution in [0.5, 0.6) is 0 Å². The first kappa shape index (κ1) is 88.3. The summed E-state index contributed by atoms with van der Waals surface area (Å²) in [7, 11) is 0. The quantitative estimate of drug-likeness (QED) is 0.141. The molecule has 0 atom stereocenters. The zero-order valence-electron chi connectivity index (χ0n) is 81.9. The van der Waals surface area contributed by atoms with Crippen molar-refractivity contribution in [3.63, 3.8) is 0 Å². The molecule has 9 heterocycles. The average Bonchev–Trinajstić information content (AvgIpc) is 1.58. The number of nitriles is 3. The molecule has 0 spiro atoms. The zero-order valence-corrected chi connectivity index (χ0v) is 81.9. The van der Waals surface area contributed by atoms with Crippen molar-refractivity contribution in [3.8, 4) is 86.1 Å². The van der Waals surface area contributed by atoms with E-state index in [1.165, 1.54) is 109 Å². The van der Waals surface area contributed by atoms with E-state index in [-0.39, 0.29) is 21.7 Å². The second kappa shape index (κ2) is 33.8. The van der Waals surface area contributed by atoms with Crippen LogP contribution in [0.15, 0.2) is 352 Å². The van der Waals surface area contributed by atoms with Crippen LogP contribution in [-0.2, 0) is 21.7 Å². The Morgan fingerprint density at radius 1 is 0.200 bits per heavy atom. The number of pyridine rings is 3. The largest absolute Gasteiger partial charge is 0.307 e. The number of hydrogen-bond acceptors (Lipinski definition) is 6. The van der Waals surface area contributed by atoms with Gasteiger partial charge in [0.2, 0.25) is 0 Å². The Bertz CT molecular complexity index is 9230. The molecule has 24 aromatic rings. The first-order valence-electron chi connectivity index (χ1n) is 48.2. The molecule has 15 aromatic carbocycles. The van der Waals surface area contributed by atoms with Crippen LogP contribution < -0.4 is 0 Å². The van der Waals surface area contributed by atoms with E-state index in [4.69, 9.17) is 15.0 Å². The minimum Gasteiger partial charge on any atom is -0.307 e. The molecule has 0 N–H and O–H groups in total. The zero-order chi connectivity index (χ0) is 96.9. The number of benzene rings is 15. The highest BCUT2D eigenvalue weighted by molar-refractivity contribution is 6.16. The normalized spacial score (nSPS) is 12.1. The predicted molar refractivity (Wildman–Crippen MR) is 583 cm³/mol. The van der Waals surface area contributed by atoms with Gasteiger partial charge in [0.25, 0.3) is 0 Å². The number of aromatic nitrogens is 9. The van der Waals surface area contributed by atoms with E-state index >= 15 is 0 Å². The number of nitrogens with zero attached hydrogens (tertiary/aromatic N) is 12. The van der Waals surface area contributed by atoms with Gasteiger partial charge in [-0.2, -0.15) is 15.8 Å². The van der Waals surface area contributed by atoms with Gasteiger partial charge in [-0.3, -0.25) is 13.7 Å². The maximum absolute atomic E-state index is 9.61. The minimum absolute atomic E-state index is 0.00283. The summed E-state index contributed by atoms with van der Waals surface area (Å²) in [6, 6.07) is 126. The molecule has 9 aromatic heterocycles. The fraction of sp³-hybridized carbons (Fsp3) is 0.156. The smallest absolute Gasteiger partial charge is 0.138 e. The van der Waals surface area contributed by atoms with Crippen molar-refractivity contribution < 1.29 is 0 Å². The number of fused-ring (bicyclic) bond motifs is 18. The molecule has 678 valence electrons. The Hall–Kier alpha value is -17.0. The van der Waals surface area contributed by atoms with Crippen molar-refractivity contribution in [2.75, 3.05) is 0 Å². The molecule has 12 heteroatoms. The van der Waals surface area contributed by atoms with Gasteiger partial charge in [-0.1, -0.05) is 275 Å². The van der Waals surface area contributed by atoms with Crippen molar-refractivity contribution in [2.24, 2.45) is 0 Å². The molecule has 0 saturated heterocycles. The molecule has 140 heavy (non-hydrogen) atoms. The van der Waals surface area contributed by atoms with E-state index in [1.54, 1.807) is 0 Å². The van der Waals surface area contributed by atoms with Gasteiger partial charge in [0.15, 0.2) is 0 Å². The van der Waals surface area contributed by atoms with Crippen molar-refractivity contribution in [1.29, 1.82) is 15.8 Å². The van der Waals surface area contributed by atoms with Crippen LogP contribution in [0.25, 0.3) is 199 Å². The molecule has 0 aliphatic heterocycles. The summed E-state index contributed by atoms with van der Waals surface area (Å²) in [4.78, 5) is 15.7. The Labute approximate surface area is 815 Å². The van der Waals surface area contributed by atoms with Crippen molar-refractivity contribution in [3.05, 3.63) is 413 Å². The maximum Gasteiger partial charge on any atom is 0.138 e. The summed E-state index contributed by atoms with van der Waals surface area (Å²) in [5, 5.41) is 43.3. The standard InChI is InChI=1S/2C44H38N4.C40H30N4/c1-43(2,3)30-19-21-39-35(23-30)32-11-7-9-13-37(32)47(39)41-27-46-42(25-34(41)29-17-15-28(26-45)16-18-29)48-38-14-10-8-12-33(38)36-24-31(44(4,5)6)20-22-40(36)48;1-43(2,3)30-19-21-34-32-11-7-9-13-37(32)47(39(34)23-30)41-27-46-42(25-36(41)29-17-15-28(26-45)16-18-29)48-38-14-10-8-12-33(38)35-22-20-31(24-40(35)48)44(4,5)6;1-24-5-13-35-31(17-24)32-18-25(2)6-14-36(32)43(35)39-23-42-40(21-30(39)29-11-9-28(22-41)10-12-29)44-37-15-7-26(3)19-33(37)34-20-27(4)8-16-38(34)44/h2*7-25,27H,1-6H3;5-21,23H,1-4H3. The van der Waals surface area contributed by atoms with Gasteiger partial charge in [-0.05, 0) is 252 Å². The van der Waals surface area contributed by atoms with Crippen LogP contribution in [0.1, 0.15) is 144 Å². The van der Waals surface area contributed by atoms with Crippen LogP contribution >= 0.6 is 0 Å². The lowest BCUT2D eigenvalue weighted by molar-refractivity contribution is 0.590. The molecular formula is C128H106N12. The van der Waals surface area contributed by atoms with Gasteiger partial charge in [0, 0.05) is 81.3 Å². The molecule has 0 bridgehead atoms. The number of hydrogen-bond donors (Lipinski definition) is 0. The molecule has 0 aliphatic carbocycles. The third kappa shape index (κ3) is 15.3. The summed E-state index contributed by atoms with van der Waals surface area (Å²) in [6.07, 6.45) is 6.07. The van der Waals surface area contributed by atoms with Crippen molar-refractivity contribution >= 4 is 131 Å². The lowest BCUT2D eigenvalue weighted by Crippen LogP contribution is -2.11. The van der Waals surface area contributed by atoms with Gasteiger partial charge < -0.3 is 13.7 Å². The highest BCUT2D eigenvalue weighted by atomic mass is 15.1. The third-order valence-corrected chi connectivity index (χ3v) is 28.3. The summed E-state index contributed by atoms with van der Waals surface area (Å²) < 4.78 is 13.9. The highest BCUT2D eigenvalue weighted by Crippen LogP contribution is 2.47. The second-order valence-electron chi connectivity index (χ2n) is 41.8. The van der Waals surface area contributed by atoms with Crippen LogP contribution in [0.2, 0.25) is 0 Å². The molecule has 0 saturated carbocycles.